The monoisotopic (exact) mass is 242 g/mol. The average Bonchev–Trinajstić information content (AvgIpc) is 2.24. The van der Waals surface area contributed by atoms with Crippen molar-refractivity contribution in [2.45, 2.75) is 18.2 Å². The summed E-state index contributed by atoms with van der Waals surface area (Å²) in [5.74, 6) is -0.595. The summed E-state index contributed by atoms with van der Waals surface area (Å²) in [6, 6.07) is 6.04. The van der Waals surface area contributed by atoms with Crippen molar-refractivity contribution in [2.24, 2.45) is 0 Å². The number of hydrogen-bond donors (Lipinski definition) is 0. The molecular weight excluding hydrogens is 228 g/mol. The first kappa shape index (κ1) is 12.7. The molecule has 1 aromatic rings. The van der Waals surface area contributed by atoms with Gasteiger partial charge in [-0.2, -0.15) is 0 Å². The van der Waals surface area contributed by atoms with Gasteiger partial charge in [0.25, 0.3) is 0 Å². The summed E-state index contributed by atoms with van der Waals surface area (Å²) in [7, 11) is -3.40. The van der Waals surface area contributed by atoms with Crippen LogP contribution in [0.5, 0.6) is 0 Å². The number of sulfone groups is 1. The highest BCUT2D eigenvalue weighted by molar-refractivity contribution is 7.90. The molecule has 0 aromatic heterocycles. The largest absolute Gasteiger partial charge is 0.462 e. The molecule has 1 rings (SSSR count). The van der Waals surface area contributed by atoms with Crippen molar-refractivity contribution in [3.05, 3.63) is 29.8 Å². The lowest BCUT2D eigenvalue weighted by atomic mass is 10.2. The van der Waals surface area contributed by atoms with Gasteiger partial charge < -0.3 is 4.74 Å². The standard InChI is InChI=1S/C11H14O4S/c1-3-8-15-11(12)9-6-4-5-7-10(9)16(2,13)14/h4-7H,3,8H2,1-2H3. The van der Waals surface area contributed by atoms with Crippen molar-refractivity contribution < 1.29 is 17.9 Å². The van der Waals surface area contributed by atoms with Crippen molar-refractivity contribution in [3.8, 4) is 0 Å². The van der Waals surface area contributed by atoms with Gasteiger partial charge in [-0.25, -0.2) is 13.2 Å². The van der Waals surface area contributed by atoms with E-state index in [-0.39, 0.29) is 17.1 Å². The summed E-state index contributed by atoms with van der Waals surface area (Å²) in [4.78, 5) is 11.6. The van der Waals surface area contributed by atoms with Gasteiger partial charge in [0.1, 0.15) is 0 Å². The van der Waals surface area contributed by atoms with Gasteiger partial charge in [0, 0.05) is 6.26 Å². The zero-order valence-electron chi connectivity index (χ0n) is 9.26. The molecule has 0 saturated heterocycles. The normalized spacial score (nSPS) is 11.1. The molecular formula is C11H14O4S. The number of hydrogen-bond acceptors (Lipinski definition) is 4. The summed E-state index contributed by atoms with van der Waals surface area (Å²) in [5, 5.41) is 0. The van der Waals surface area contributed by atoms with Crippen LogP contribution in [0.2, 0.25) is 0 Å². The number of esters is 1. The molecule has 0 atom stereocenters. The van der Waals surface area contributed by atoms with Crippen LogP contribution < -0.4 is 0 Å². The van der Waals surface area contributed by atoms with Gasteiger partial charge in [0.05, 0.1) is 17.1 Å². The molecule has 16 heavy (non-hydrogen) atoms. The molecule has 0 bridgehead atoms. The average molecular weight is 242 g/mol. The quantitative estimate of drug-likeness (QED) is 0.753. The predicted molar refractivity (Wildman–Crippen MR) is 60.1 cm³/mol. The SMILES string of the molecule is CCCOC(=O)c1ccccc1S(C)(=O)=O. The molecule has 0 fully saturated rings. The topological polar surface area (TPSA) is 60.4 Å². The molecule has 1 aromatic carbocycles. The molecule has 0 N–H and O–H groups in total. The minimum absolute atomic E-state index is 0.0103. The number of carbonyl (C=O) groups is 1. The van der Waals surface area contributed by atoms with Gasteiger partial charge >= 0.3 is 5.97 Å². The highest BCUT2D eigenvalue weighted by Gasteiger charge is 2.18. The van der Waals surface area contributed by atoms with Crippen LogP contribution in [0.15, 0.2) is 29.2 Å². The van der Waals surface area contributed by atoms with Crippen molar-refractivity contribution >= 4 is 15.8 Å². The van der Waals surface area contributed by atoms with Crippen LogP contribution in [0.1, 0.15) is 23.7 Å². The van der Waals surface area contributed by atoms with E-state index in [0.717, 1.165) is 6.26 Å². The first-order chi connectivity index (χ1) is 7.46. The van der Waals surface area contributed by atoms with Crippen molar-refractivity contribution in [2.75, 3.05) is 12.9 Å². The fraction of sp³-hybridized carbons (Fsp3) is 0.364. The second kappa shape index (κ2) is 5.12. The third-order valence-corrected chi connectivity index (χ3v) is 3.10. The lowest BCUT2D eigenvalue weighted by molar-refractivity contribution is 0.0500. The van der Waals surface area contributed by atoms with Crippen molar-refractivity contribution in [1.82, 2.24) is 0 Å². The number of rotatable bonds is 4. The third kappa shape index (κ3) is 3.06. The van der Waals surface area contributed by atoms with Gasteiger partial charge in [0.15, 0.2) is 9.84 Å². The molecule has 4 nitrogen and oxygen atoms in total. The smallest absolute Gasteiger partial charge is 0.339 e. The second-order valence-electron chi connectivity index (χ2n) is 3.40. The van der Waals surface area contributed by atoms with Gasteiger partial charge in [-0.05, 0) is 18.6 Å². The second-order valence-corrected chi connectivity index (χ2v) is 5.39. The molecule has 88 valence electrons. The van der Waals surface area contributed by atoms with E-state index in [4.69, 9.17) is 4.74 Å². The Bertz CT molecular complexity index is 477. The van der Waals surface area contributed by atoms with E-state index in [0.29, 0.717) is 6.42 Å². The summed E-state index contributed by atoms with van der Waals surface area (Å²) in [5.41, 5.74) is 0.0958. The van der Waals surface area contributed by atoms with Gasteiger partial charge in [-0.15, -0.1) is 0 Å². The summed E-state index contributed by atoms with van der Waals surface area (Å²) in [6.07, 6.45) is 1.77. The van der Waals surface area contributed by atoms with Gasteiger partial charge in [-0.1, -0.05) is 19.1 Å². The van der Waals surface area contributed by atoms with E-state index in [2.05, 4.69) is 0 Å². The Morgan fingerprint density at radius 2 is 1.94 bits per heavy atom. The highest BCUT2D eigenvalue weighted by Crippen LogP contribution is 2.16. The van der Waals surface area contributed by atoms with Gasteiger partial charge in [0.2, 0.25) is 0 Å². The first-order valence-corrected chi connectivity index (χ1v) is 6.82. The third-order valence-electron chi connectivity index (χ3n) is 1.94. The molecule has 0 radical (unpaired) electrons. The van der Waals surface area contributed by atoms with Crippen molar-refractivity contribution in [1.29, 1.82) is 0 Å². The van der Waals surface area contributed by atoms with E-state index in [1.54, 1.807) is 12.1 Å². The minimum atomic E-state index is -3.40. The Morgan fingerprint density at radius 3 is 2.50 bits per heavy atom. The van der Waals surface area contributed by atoms with Crippen LogP contribution in [0.3, 0.4) is 0 Å². The maximum absolute atomic E-state index is 11.6. The Balaban J connectivity index is 3.09. The maximum Gasteiger partial charge on any atom is 0.339 e. The Kier molecular flexibility index (Phi) is 4.06. The van der Waals surface area contributed by atoms with Gasteiger partial charge in [-0.3, -0.25) is 0 Å². The molecule has 0 heterocycles. The lowest BCUT2D eigenvalue weighted by Gasteiger charge is -2.07. The first-order valence-electron chi connectivity index (χ1n) is 4.93. The lowest BCUT2D eigenvalue weighted by Crippen LogP contribution is -2.11. The summed E-state index contributed by atoms with van der Waals surface area (Å²) >= 11 is 0. The van der Waals surface area contributed by atoms with Crippen LogP contribution in [-0.2, 0) is 14.6 Å². The molecule has 0 unspecified atom stereocenters. The Hall–Kier alpha value is -1.36. The number of ether oxygens (including phenoxy) is 1. The minimum Gasteiger partial charge on any atom is -0.462 e. The van der Waals surface area contributed by atoms with Crippen LogP contribution >= 0.6 is 0 Å². The zero-order valence-corrected chi connectivity index (χ0v) is 10.1. The summed E-state index contributed by atoms with van der Waals surface area (Å²) < 4.78 is 27.8. The van der Waals surface area contributed by atoms with Crippen LogP contribution in [0, 0.1) is 0 Å². The Morgan fingerprint density at radius 1 is 1.31 bits per heavy atom. The Labute approximate surface area is 95.2 Å². The van der Waals surface area contributed by atoms with Crippen molar-refractivity contribution in [3.63, 3.8) is 0 Å². The molecule has 0 spiro atoms. The van der Waals surface area contributed by atoms with E-state index >= 15 is 0 Å². The molecule has 5 heteroatoms. The molecule has 0 aliphatic rings. The fourth-order valence-electron chi connectivity index (χ4n) is 1.23. The van der Waals surface area contributed by atoms with Crippen LogP contribution in [-0.4, -0.2) is 27.2 Å². The maximum atomic E-state index is 11.6. The predicted octanol–water partition coefficient (Wildman–Crippen LogP) is 1.66. The molecule has 0 aliphatic carbocycles. The number of benzene rings is 1. The number of carbonyl (C=O) groups excluding carboxylic acids is 1. The van der Waals surface area contributed by atoms with Crippen LogP contribution in [0.4, 0.5) is 0 Å². The van der Waals surface area contributed by atoms with E-state index in [9.17, 15) is 13.2 Å². The molecule has 0 aliphatic heterocycles. The zero-order chi connectivity index (χ0) is 12.2. The van der Waals surface area contributed by atoms with E-state index < -0.39 is 15.8 Å². The highest BCUT2D eigenvalue weighted by atomic mass is 32.2. The van der Waals surface area contributed by atoms with Crippen LogP contribution in [0.25, 0.3) is 0 Å². The fourth-order valence-corrected chi connectivity index (χ4v) is 2.11. The summed E-state index contributed by atoms with van der Waals surface area (Å²) in [6.45, 7) is 2.16. The van der Waals surface area contributed by atoms with E-state index in [1.165, 1.54) is 12.1 Å². The van der Waals surface area contributed by atoms with E-state index in [1.807, 2.05) is 6.92 Å². The molecule has 0 amide bonds. The molecule has 0 saturated carbocycles.